The summed E-state index contributed by atoms with van der Waals surface area (Å²) in [5.41, 5.74) is 1.07. The molecule has 1 aromatic rings. The predicted molar refractivity (Wildman–Crippen MR) is 74.4 cm³/mol. The van der Waals surface area contributed by atoms with Crippen LogP contribution in [0.25, 0.3) is 0 Å². The zero-order valence-corrected chi connectivity index (χ0v) is 12.0. The van der Waals surface area contributed by atoms with Crippen molar-refractivity contribution < 1.29 is 14.3 Å². The van der Waals surface area contributed by atoms with Crippen molar-refractivity contribution in [3.63, 3.8) is 0 Å². The largest absolute Gasteiger partial charge is 0.479 e. The zero-order chi connectivity index (χ0) is 13.5. The summed E-state index contributed by atoms with van der Waals surface area (Å²) in [5.74, 6) is 0.394. The van der Waals surface area contributed by atoms with Crippen molar-refractivity contribution in [1.29, 1.82) is 0 Å². The number of carbonyl (C=O) groups excluding carboxylic acids is 1. The summed E-state index contributed by atoms with van der Waals surface area (Å²) >= 11 is 4.31. The summed E-state index contributed by atoms with van der Waals surface area (Å²) in [5, 5.41) is 0. The van der Waals surface area contributed by atoms with E-state index in [1.54, 1.807) is 13.8 Å². The van der Waals surface area contributed by atoms with Crippen molar-refractivity contribution in [2.45, 2.75) is 44.6 Å². The second-order valence-corrected chi connectivity index (χ2v) is 4.57. The van der Waals surface area contributed by atoms with E-state index in [0.717, 1.165) is 29.1 Å². The third kappa shape index (κ3) is 4.26. The number of hydrogen-bond donors (Lipinski definition) is 1. The average molecular weight is 268 g/mol. The van der Waals surface area contributed by atoms with Crippen molar-refractivity contribution >= 4 is 18.6 Å². The van der Waals surface area contributed by atoms with Crippen LogP contribution in [0.5, 0.6) is 5.75 Å². The minimum atomic E-state index is -0.591. The molecular formula is C14H20O3S. The highest BCUT2D eigenvalue weighted by Crippen LogP contribution is 2.24. The summed E-state index contributed by atoms with van der Waals surface area (Å²) in [7, 11) is 0. The molecule has 1 rings (SSSR count). The molecule has 0 N–H and O–H groups in total. The van der Waals surface area contributed by atoms with Gasteiger partial charge in [0, 0.05) is 4.90 Å². The Morgan fingerprint density at radius 1 is 1.39 bits per heavy atom. The molecule has 0 fully saturated rings. The zero-order valence-electron chi connectivity index (χ0n) is 11.1. The lowest BCUT2D eigenvalue weighted by Crippen LogP contribution is -2.26. The van der Waals surface area contributed by atoms with Crippen LogP contribution in [-0.2, 0) is 16.0 Å². The molecule has 0 saturated heterocycles. The van der Waals surface area contributed by atoms with E-state index < -0.39 is 6.10 Å². The van der Waals surface area contributed by atoms with Crippen LogP contribution in [0.15, 0.2) is 23.1 Å². The summed E-state index contributed by atoms with van der Waals surface area (Å²) in [4.78, 5) is 12.4. The Balaban J connectivity index is 2.79. The first-order valence-electron chi connectivity index (χ1n) is 6.23. The number of benzene rings is 1. The second-order valence-electron chi connectivity index (χ2n) is 4.05. The fourth-order valence-corrected chi connectivity index (χ4v) is 1.87. The first kappa shape index (κ1) is 14.9. The van der Waals surface area contributed by atoms with Gasteiger partial charge in [-0.1, -0.05) is 13.3 Å². The monoisotopic (exact) mass is 268 g/mol. The average Bonchev–Trinajstić information content (AvgIpc) is 2.33. The van der Waals surface area contributed by atoms with Crippen LogP contribution in [0, 0.1) is 0 Å². The second kappa shape index (κ2) is 7.31. The van der Waals surface area contributed by atoms with E-state index in [9.17, 15) is 4.79 Å². The quantitative estimate of drug-likeness (QED) is 0.635. The molecule has 100 valence electrons. The summed E-state index contributed by atoms with van der Waals surface area (Å²) < 4.78 is 10.6. The molecule has 0 aliphatic heterocycles. The molecule has 0 heterocycles. The van der Waals surface area contributed by atoms with Crippen LogP contribution in [0.3, 0.4) is 0 Å². The maximum atomic E-state index is 11.5. The summed E-state index contributed by atoms with van der Waals surface area (Å²) in [6.07, 6.45) is 1.33. The number of ether oxygens (including phenoxy) is 2. The van der Waals surface area contributed by atoms with Gasteiger partial charge in [-0.25, -0.2) is 4.79 Å². The topological polar surface area (TPSA) is 35.5 Å². The van der Waals surface area contributed by atoms with Crippen LogP contribution >= 0.6 is 12.6 Å². The first-order valence-corrected chi connectivity index (χ1v) is 6.68. The van der Waals surface area contributed by atoms with Gasteiger partial charge in [-0.2, -0.15) is 0 Å². The minimum Gasteiger partial charge on any atom is -0.479 e. The van der Waals surface area contributed by atoms with Gasteiger partial charge >= 0.3 is 5.97 Å². The van der Waals surface area contributed by atoms with Gasteiger partial charge in [0.15, 0.2) is 6.10 Å². The van der Waals surface area contributed by atoms with Crippen molar-refractivity contribution in [3.8, 4) is 5.75 Å². The van der Waals surface area contributed by atoms with E-state index in [2.05, 4.69) is 19.6 Å². The fourth-order valence-electron chi connectivity index (χ4n) is 1.64. The van der Waals surface area contributed by atoms with Crippen molar-refractivity contribution in [2.24, 2.45) is 0 Å². The van der Waals surface area contributed by atoms with E-state index in [0.29, 0.717) is 6.61 Å². The molecule has 0 bridgehead atoms. The van der Waals surface area contributed by atoms with Gasteiger partial charge in [-0.3, -0.25) is 0 Å². The molecular weight excluding hydrogens is 248 g/mol. The maximum Gasteiger partial charge on any atom is 0.347 e. The molecule has 0 amide bonds. The van der Waals surface area contributed by atoms with Crippen LogP contribution in [0.1, 0.15) is 32.8 Å². The lowest BCUT2D eigenvalue weighted by molar-refractivity contribution is -0.150. The maximum absolute atomic E-state index is 11.5. The Morgan fingerprint density at radius 3 is 2.72 bits per heavy atom. The minimum absolute atomic E-state index is 0.338. The molecule has 0 spiro atoms. The molecule has 0 saturated carbocycles. The highest BCUT2D eigenvalue weighted by atomic mass is 32.1. The van der Waals surface area contributed by atoms with E-state index in [-0.39, 0.29) is 5.97 Å². The standard InChI is InChI=1S/C14H20O3S/c1-4-6-11-9-12(18)7-8-13(11)17-10(3)14(15)16-5-2/h7-10,18H,4-6H2,1-3H3. The van der Waals surface area contributed by atoms with E-state index in [1.807, 2.05) is 18.2 Å². The summed E-state index contributed by atoms with van der Waals surface area (Å²) in [6, 6.07) is 5.68. The number of hydrogen-bond acceptors (Lipinski definition) is 4. The molecule has 18 heavy (non-hydrogen) atoms. The van der Waals surface area contributed by atoms with Gasteiger partial charge in [-0.15, -0.1) is 12.6 Å². The Bertz CT molecular complexity index is 404. The Labute approximate surface area is 114 Å². The third-order valence-electron chi connectivity index (χ3n) is 2.49. The van der Waals surface area contributed by atoms with E-state index >= 15 is 0 Å². The number of esters is 1. The normalized spacial score (nSPS) is 12.0. The van der Waals surface area contributed by atoms with Crippen LogP contribution in [-0.4, -0.2) is 18.7 Å². The molecule has 0 radical (unpaired) electrons. The molecule has 1 atom stereocenters. The first-order chi connectivity index (χ1) is 8.58. The van der Waals surface area contributed by atoms with Crippen molar-refractivity contribution in [2.75, 3.05) is 6.61 Å². The highest BCUT2D eigenvalue weighted by Gasteiger charge is 2.17. The SMILES string of the molecule is CCCc1cc(S)ccc1OC(C)C(=O)OCC. The number of thiol groups is 1. The highest BCUT2D eigenvalue weighted by molar-refractivity contribution is 7.80. The Morgan fingerprint density at radius 2 is 2.11 bits per heavy atom. The molecule has 0 aliphatic carbocycles. The van der Waals surface area contributed by atoms with Gasteiger partial charge < -0.3 is 9.47 Å². The van der Waals surface area contributed by atoms with E-state index in [4.69, 9.17) is 9.47 Å². The summed E-state index contributed by atoms with van der Waals surface area (Å²) in [6.45, 7) is 5.94. The number of rotatable bonds is 6. The van der Waals surface area contributed by atoms with Gasteiger partial charge in [0.1, 0.15) is 5.75 Å². The fraction of sp³-hybridized carbons (Fsp3) is 0.500. The number of carbonyl (C=O) groups is 1. The Hall–Kier alpha value is -1.16. The molecule has 1 aromatic carbocycles. The molecule has 0 aliphatic rings. The third-order valence-corrected chi connectivity index (χ3v) is 2.76. The lowest BCUT2D eigenvalue weighted by Gasteiger charge is -2.16. The van der Waals surface area contributed by atoms with Crippen molar-refractivity contribution in [1.82, 2.24) is 0 Å². The smallest absolute Gasteiger partial charge is 0.347 e. The van der Waals surface area contributed by atoms with Crippen LogP contribution in [0.2, 0.25) is 0 Å². The van der Waals surface area contributed by atoms with Crippen LogP contribution < -0.4 is 4.74 Å². The van der Waals surface area contributed by atoms with E-state index in [1.165, 1.54) is 0 Å². The lowest BCUT2D eigenvalue weighted by atomic mass is 10.1. The van der Waals surface area contributed by atoms with Crippen LogP contribution in [0.4, 0.5) is 0 Å². The van der Waals surface area contributed by atoms with Crippen molar-refractivity contribution in [3.05, 3.63) is 23.8 Å². The Kier molecular flexibility index (Phi) is 6.05. The van der Waals surface area contributed by atoms with Gasteiger partial charge in [0.05, 0.1) is 6.61 Å². The van der Waals surface area contributed by atoms with Gasteiger partial charge in [0.2, 0.25) is 0 Å². The van der Waals surface area contributed by atoms with Gasteiger partial charge in [0.25, 0.3) is 0 Å². The molecule has 3 nitrogen and oxygen atoms in total. The predicted octanol–water partition coefficient (Wildman–Crippen LogP) is 3.26. The molecule has 1 unspecified atom stereocenters. The van der Waals surface area contributed by atoms with Gasteiger partial charge in [-0.05, 0) is 44.0 Å². The molecule has 0 aromatic heterocycles. The number of aryl methyl sites for hydroxylation is 1. The molecule has 4 heteroatoms.